The number of fused-ring (bicyclic) bond motifs is 2. The number of ether oxygens (including phenoxy) is 1. The highest BCUT2D eigenvalue weighted by Gasteiger charge is 2.49. The van der Waals surface area contributed by atoms with Crippen molar-refractivity contribution >= 4 is 0 Å². The summed E-state index contributed by atoms with van der Waals surface area (Å²) in [6.45, 7) is 1.08. The highest BCUT2D eigenvalue weighted by Crippen LogP contribution is 2.53. The summed E-state index contributed by atoms with van der Waals surface area (Å²) in [6.07, 6.45) is 2.59. The number of nitrogens with one attached hydrogen (secondary N) is 1. The molecule has 1 atom stereocenters. The lowest BCUT2D eigenvalue weighted by Gasteiger charge is -2.33. The van der Waals surface area contributed by atoms with Gasteiger partial charge in [0.15, 0.2) is 0 Å². The van der Waals surface area contributed by atoms with E-state index >= 15 is 0 Å². The van der Waals surface area contributed by atoms with Gasteiger partial charge in [0.25, 0.3) is 0 Å². The van der Waals surface area contributed by atoms with Crippen LogP contribution in [-0.4, -0.2) is 13.7 Å². The van der Waals surface area contributed by atoms with Crippen LogP contribution in [0.3, 0.4) is 0 Å². The fourth-order valence-corrected chi connectivity index (χ4v) is 3.42. The van der Waals surface area contributed by atoms with Gasteiger partial charge in [0.2, 0.25) is 0 Å². The average Bonchev–Trinajstić information content (AvgIpc) is 3.29. The first-order chi connectivity index (χ1) is 9.82. The van der Waals surface area contributed by atoms with E-state index in [-0.39, 0.29) is 0 Å². The number of hydrogen-bond donors (Lipinski definition) is 1. The van der Waals surface area contributed by atoms with Crippen molar-refractivity contribution in [3.05, 3.63) is 65.2 Å². The second-order valence-corrected chi connectivity index (χ2v) is 5.96. The third kappa shape index (κ3) is 1.75. The van der Waals surface area contributed by atoms with Crippen molar-refractivity contribution in [1.29, 1.82) is 0 Å². The Hall–Kier alpha value is -1.80. The zero-order valence-corrected chi connectivity index (χ0v) is 11.7. The Kier molecular flexibility index (Phi) is 2.61. The van der Waals surface area contributed by atoms with Gasteiger partial charge in [-0.25, -0.2) is 0 Å². The summed E-state index contributed by atoms with van der Waals surface area (Å²) < 4.78 is 5.42. The van der Waals surface area contributed by atoms with E-state index in [1.54, 1.807) is 7.11 Å². The molecule has 20 heavy (non-hydrogen) atoms. The summed E-state index contributed by atoms with van der Waals surface area (Å²) >= 11 is 0. The van der Waals surface area contributed by atoms with Crippen molar-refractivity contribution in [2.24, 2.45) is 0 Å². The van der Waals surface area contributed by atoms with Crippen LogP contribution >= 0.6 is 0 Å². The van der Waals surface area contributed by atoms with Gasteiger partial charge < -0.3 is 10.1 Å². The van der Waals surface area contributed by atoms with Gasteiger partial charge in [-0.05, 0) is 41.7 Å². The van der Waals surface area contributed by atoms with Crippen LogP contribution in [0.5, 0.6) is 5.75 Å². The molecule has 0 bridgehead atoms. The molecule has 2 heteroatoms. The van der Waals surface area contributed by atoms with Crippen molar-refractivity contribution in [2.45, 2.75) is 24.3 Å². The molecule has 1 aliphatic carbocycles. The number of rotatable bonds is 2. The van der Waals surface area contributed by atoms with E-state index in [1.807, 2.05) is 0 Å². The summed E-state index contributed by atoms with van der Waals surface area (Å²) in [7, 11) is 1.75. The molecular weight excluding hydrogens is 246 g/mol. The fourth-order valence-electron chi connectivity index (χ4n) is 3.42. The Morgan fingerprint density at radius 3 is 2.60 bits per heavy atom. The first-order valence-electron chi connectivity index (χ1n) is 7.29. The highest BCUT2D eigenvalue weighted by molar-refractivity contribution is 5.50. The van der Waals surface area contributed by atoms with Crippen LogP contribution in [0.1, 0.15) is 35.6 Å². The van der Waals surface area contributed by atoms with Crippen LogP contribution in [0.25, 0.3) is 0 Å². The zero-order chi connectivity index (χ0) is 13.6. The molecule has 102 valence electrons. The Morgan fingerprint density at radius 1 is 1.10 bits per heavy atom. The van der Waals surface area contributed by atoms with E-state index in [1.165, 1.54) is 29.5 Å². The van der Waals surface area contributed by atoms with Gasteiger partial charge in [-0.15, -0.1) is 0 Å². The topological polar surface area (TPSA) is 21.3 Å². The maximum Gasteiger partial charge on any atom is 0.119 e. The second-order valence-electron chi connectivity index (χ2n) is 5.96. The number of methoxy groups -OCH3 is 1. The van der Waals surface area contributed by atoms with E-state index < -0.39 is 0 Å². The van der Waals surface area contributed by atoms with Crippen LogP contribution in [0.4, 0.5) is 0 Å². The summed E-state index contributed by atoms with van der Waals surface area (Å²) in [5.41, 5.74) is 4.62. The van der Waals surface area contributed by atoms with Crippen molar-refractivity contribution in [3.63, 3.8) is 0 Å². The standard InChI is InChI=1S/C18H19NO/c1-20-14-7-8-15-16(11-14)18(9-10-18)12-19-17(15)13-5-3-2-4-6-13/h2-8,11,17,19H,9-10,12H2,1H3. The van der Waals surface area contributed by atoms with Crippen molar-refractivity contribution < 1.29 is 4.74 Å². The first kappa shape index (κ1) is 12.0. The van der Waals surface area contributed by atoms with Gasteiger partial charge >= 0.3 is 0 Å². The van der Waals surface area contributed by atoms with E-state index in [4.69, 9.17) is 4.74 Å². The molecule has 2 nitrogen and oxygen atoms in total. The predicted octanol–water partition coefficient (Wildman–Crippen LogP) is 3.42. The molecule has 0 radical (unpaired) electrons. The molecule has 2 aromatic carbocycles. The average molecular weight is 265 g/mol. The van der Waals surface area contributed by atoms with Gasteiger partial charge in [-0.3, -0.25) is 0 Å². The highest BCUT2D eigenvalue weighted by atomic mass is 16.5. The summed E-state index contributed by atoms with van der Waals surface area (Å²) in [5, 5.41) is 3.74. The summed E-state index contributed by atoms with van der Waals surface area (Å²) in [6, 6.07) is 17.6. The molecule has 1 spiro atoms. The molecule has 1 unspecified atom stereocenters. The summed E-state index contributed by atoms with van der Waals surface area (Å²) in [5.74, 6) is 0.976. The molecule has 0 aromatic heterocycles. The van der Waals surface area contributed by atoms with Crippen molar-refractivity contribution in [3.8, 4) is 5.75 Å². The predicted molar refractivity (Wildman–Crippen MR) is 80.2 cm³/mol. The maximum atomic E-state index is 5.42. The van der Waals surface area contributed by atoms with E-state index in [0.717, 1.165) is 12.3 Å². The first-order valence-corrected chi connectivity index (χ1v) is 7.29. The molecule has 1 fully saturated rings. The molecular formula is C18H19NO. The SMILES string of the molecule is COc1ccc2c(c1)C1(CC1)CNC2c1ccccc1. The molecule has 2 aromatic rings. The van der Waals surface area contributed by atoms with Crippen molar-refractivity contribution in [1.82, 2.24) is 5.32 Å². The van der Waals surface area contributed by atoms with Crippen LogP contribution in [-0.2, 0) is 5.41 Å². The normalized spacial score (nSPS) is 22.4. The molecule has 0 amide bonds. The summed E-state index contributed by atoms with van der Waals surface area (Å²) in [4.78, 5) is 0. The monoisotopic (exact) mass is 265 g/mol. The molecule has 2 aliphatic rings. The van der Waals surface area contributed by atoms with E-state index in [0.29, 0.717) is 11.5 Å². The lowest BCUT2D eigenvalue weighted by molar-refractivity contribution is 0.410. The molecule has 1 saturated carbocycles. The zero-order valence-electron chi connectivity index (χ0n) is 11.7. The van der Waals surface area contributed by atoms with Gasteiger partial charge in [-0.1, -0.05) is 36.4 Å². The van der Waals surface area contributed by atoms with Gasteiger partial charge in [0.05, 0.1) is 13.2 Å². The minimum Gasteiger partial charge on any atom is -0.497 e. The van der Waals surface area contributed by atoms with Crippen molar-refractivity contribution in [2.75, 3.05) is 13.7 Å². The number of benzene rings is 2. The second kappa shape index (κ2) is 4.35. The van der Waals surface area contributed by atoms with E-state index in [2.05, 4.69) is 53.8 Å². The Balaban J connectivity index is 1.83. The third-order valence-electron chi connectivity index (χ3n) is 4.77. The smallest absolute Gasteiger partial charge is 0.119 e. The number of hydrogen-bond acceptors (Lipinski definition) is 2. The van der Waals surface area contributed by atoms with Crippen LogP contribution in [0, 0.1) is 0 Å². The lowest BCUT2D eigenvalue weighted by atomic mass is 9.82. The maximum absolute atomic E-state index is 5.42. The van der Waals surface area contributed by atoms with E-state index in [9.17, 15) is 0 Å². The molecule has 1 heterocycles. The van der Waals surface area contributed by atoms with Crippen LogP contribution in [0.15, 0.2) is 48.5 Å². The Morgan fingerprint density at radius 2 is 1.90 bits per heavy atom. The molecule has 4 rings (SSSR count). The quantitative estimate of drug-likeness (QED) is 0.898. The van der Waals surface area contributed by atoms with Gasteiger partial charge in [0.1, 0.15) is 5.75 Å². The van der Waals surface area contributed by atoms with Gasteiger partial charge in [0, 0.05) is 12.0 Å². The molecule has 1 aliphatic heterocycles. The van der Waals surface area contributed by atoms with Crippen LogP contribution in [0.2, 0.25) is 0 Å². The molecule has 1 N–H and O–H groups in total. The third-order valence-corrected chi connectivity index (χ3v) is 4.77. The Bertz CT molecular complexity index is 631. The van der Waals surface area contributed by atoms with Gasteiger partial charge in [-0.2, -0.15) is 0 Å². The largest absolute Gasteiger partial charge is 0.497 e. The minimum absolute atomic E-state index is 0.309. The molecule has 0 saturated heterocycles. The van der Waals surface area contributed by atoms with Crippen LogP contribution < -0.4 is 10.1 Å². The minimum atomic E-state index is 0.309. The lowest BCUT2D eigenvalue weighted by Crippen LogP contribution is -2.37. The fraction of sp³-hybridized carbons (Fsp3) is 0.333. The Labute approximate surface area is 119 Å².